The van der Waals surface area contributed by atoms with Gasteiger partial charge in [0.05, 0.1) is 0 Å². The molecule has 0 unspecified atom stereocenters. The van der Waals surface area contributed by atoms with Gasteiger partial charge in [-0.3, -0.25) is 4.79 Å². The van der Waals surface area contributed by atoms with Crippen LogP contribution in [0.15, 0.2) is 42.5 Å². The molecule has 0 spiro atoms. The molecule has 0 aliphatic heterocycles. The van der Waals surface area contributed by atoms with Crippen molar-refractivity contribution in [2.24, 2.45) is 0 Å². The van der Waals surface area contributed by atoms with Crippen molar-refractivity contribution in [3.05, 3.63) is 63.6 Å². The lowest BCUT2D eigenvalue weighted by molar-refractivity contribution is -0.127. The summed E-state index contributed by atoms with van der Waals surface area (Å²) in [5, 5.41) is 4.23. The Hall–Kier alpha value is -1.36. The van der Waals surface area contributed by atoms with Crippen molar-refractivity contribution >= 4 is 40.9 Å². The number of amides is 1. The third-order valence-corrected chi connectivity index (χ3v) is 5.31. The Balaban J connectivity index is 1.71. The molecule has 0 aliphatic carbocycles. The molecule has 0 saturated carbocycles. The van der Waals surface area contributed by atoms with Crippen molar-refractivity contribution in [1.82, 2.24) is 5.32 Å². The zero-order valence-corrected chi connectivity index (χ0v) is 16.5. The van der Waals surface area contributed by atoms with E-state index in [0.29, 0.717) is 22.3 Å². The van der Waals surface area contributed by atoms with Crippen molar-refractivity contribution in [2.45, 2.75) is 25.7 Å². The Kier molecular flexibility index (Phi) is 7.94. The van der Waals surface area contributed by atoms with Gasteiger partial charge in [-0.2, -0.15) is 11.8 Å². The summed E-state index contributed by atoms with van der Waals surface area (Å²) in [4.78, 5) is 12.1. The standard InChI is InChI=1S/C19H21Cl2NO2S/c1-13-6-3-4-9-18(13)24-14(2)19(23)22-10-11-25-12-15-16(20)7-5-8-17(15)21/h3-9,14H,10-12H2,1-2H3,(H,22,23)/t14-/m1/s1. The quantitative estimate of drug-likeness (QED) is 0.628. The highest BCUT2D eigenvalue weighted by Crippen LogP contribution is 2.28. The molecule has 0 radical (unpaired) electrons. The fourth-order valence-corrected chi connectivity index (χ4v) is 3.76. The molecule has 134 valence electrons. The number of hydrogen-bond acceptors (Lipinski definition) is 3. The van der Waals surface area contributed by atoms with Crippen molar-refractivity contribution < 1.29 is 9.53 Å². The third kappa shape index (κ3) is 6.14. The predicted molar refractivity (Wildman–Crippen MR) is 107 cm³/mol. The lowest BCUT2D eigenvalue weighted by Gasteiger charge is -2.16. The second-order valence-corrected chi connectivity index (χ2v) is 7.49. The largest absolute Gasteiger partial charge is 0.481 e. The van der Waals surface area contributed by atoms with E-state index in [1.54, 1.807) is 18.7 Å². The molecule has 0 saturated heterocycles. The lowest BCUT2D eigenvalue weighted by atomic mass is 10.2. The topological polar surface area (TPSA) is 38.3 Å². The van der Waals surface area contributed by atoms with Gasteiger partial charge in [0.1, 0.15) is 5.75 Å². The predicted octanol–water partition coefficient (Wildman–Crippen LogP) is 5.12. The Bertz CT molecular complexity index is 704. The molecule has 1 atom stereocenters. The molecular weight excluding hydrogens is 377 g/mol. The van der Waals surface area contributed by atoms with Gasteiger partial charge in [0.2, 0.25) is 0 Å². The first-order valence-electron chi connectivity index (χ1n) is 7.99. The van der Waals surface area contributed by atoms with Crippen LogP contribution in [0.25, 0.3) is 0 Å². The molecule has 0 aliphatic rings. The highest BCUT2D eigenvalue weighted by molar-refractivity contribution is 7.98. The Labute approximate surface area is 163 Å². The van der Waals surface area contributed by atoms with E-state index in [9.17, 15) is 4.79 Å². The van der Waals surface area contributed by atoms with Crippen LogP contribution >= 0.6 is 35.0 Å². The van der Waals surface area contributed by atoms with Gasteiger partial charge < -0.3 is 10.1 Å². The van der Waals surface area contributed by atoms with Crippen LogP contribution in [0.4, 0.5) is 0 Å². The van der Waals surface area contributed by atoms with Gasteiger partial charge in [0, 0.05) is 28.1 Å². The van der Waals surface area contributed by atoms with E-state index in [0.717, 1.165) is 22.6 Å². The van der Waals surface area contributed by atoms with Crippen LogP contribution in [0.1, 0.15) is 18.1 Å². The minimum absolute atomic E-state index is 0.125. The molecule has 2 aromatic rings. The smallest absolute Gasteiger partial charge is 0.260 e. The zero-order valence-electron chi connectivity index (χ0n) is 14.2. The third-order valence-electron chi connectivity index (χ3n) is 3.62. The summed E-state index contributed by atoms with van der Waals surface area (Å²) in [6, 6.07) is 13.1. The van der Waals surface area contributed by atoms with Crippen LogP contribution in [-0.2, 0) is 10.5 Å². The summed E-state index contributed by atoms with van der Waals surface area (Å²) < 4.78 is 5.71. The first kappa shape index (κ1) is 20.0. The van der Waals surface area contributed by atoms with Crippen LogP contribution in [0.2, 0.25) is 10.0 Å². The molecule has 0 fully saturated rings. The molecule has 25 heavy (non-hydrogen) atoms. The van der Waals surface area contributed by atoms with Crippen LogP contribution < -0.4 is 10.1 Å². The summed E-state index contributed by atoms with van der Waals surface area (Å²) in [7, 11) is 0. The molecule has 0 bridgehead atoms. The summed E-state index contributed by atoms with van der Waals surface area (Å²) in [5.74, 6) is 2.08. The van der Waals surface area contributed by atoms with Crippen molar-refractivity contribution in [3.8, 4) is 5.75 Å². The SMILES string of the molecule is Cc1ccccc1O[C@H](C)C(=O)NCCSCc1c(Cl)cccc1Cl. The van der Waals surface area contributed by atoms with Gasteiger partial charge in [-0.1, -0.05) is 47.5 Å². The summed E-state index contributed by atoms with van der Waals surface area (Å²) in [5.41, 5.74) is 1.94. The summed E-state index contributed by atoms with van der Waals surface area (Å²) in [6.45, 7) is 4.27. The van der Waals surface area contributed by atoms with Crippen molar-refractivity contribution in [2.75, 3.05) is 12.3 Å². The highest BCUT2D eigenvalue weighted by Gasteiger charge is 2.14. The van der Waals surface area contributed by atoms with E-state index in [1.165, 1.54) is 0 Å². The number of aryl methyl sites for hydroxylation is 1. The van der Waals surface area contributed by atoms with Crippen LogP contribution in [0.3, 0.4) is 0 Å². The van der Waals surface area contributed by atoms with Gasteiger partial charge in [0.15, 0.2) is 6.10 Å². The van der Waals surface area contributed by atoms with Gasteiger partial charge in [0.25, 0.3) is 5.91 Å². The minimum Gasteiger partial charge on any atom is -0.481 e. The fraction of sp³-hybridized carbons (Fsp3) is 0.316. The second-order valence-electron chi connectivity index (χ2n) is 5.57. The van der Waals surface area contributed by atoms with Gasteiger partial charge in [-0.25, -0.2) is 0 Å². The average molecular weight is 398 g/mol. The number of rotatable bonds is 8. The number of para-hydroxylation sites is 1. The van der Waals surface area contributed by atoms with E-state index in [1.807, 2.05) is 49.4 Å². The van der Waals surface area contributed by atoms with E-state index >= 15 is 0 Å². The highest BCUT2D eigenvalue weighted by atomic mass is 35.5. The number of carbonyl (C=O) groups is 1. The van der Waals surface area contributed by atoms with Crippen molar-refractivity contribution in [3.63, 3.8) is 0 Å². The average Bonchev–Trinajstić information content (AvgIpc) is 2.58. The number of carbonyl (C=O) groups excluding carboxylic acids is 1. The second kappa shape index (κ2) is 9.95. The minimum atomic E-state index is -0.538. The van der Waals surface area contributed by atoms with Crippen LogP contribution in [0.5, 0.6) is 5.75 Å². The summed E-state index contributed by atoms with van der Waals surface area (Å²) in [6.07, 6.45) is -0.538. The molecule has 0 heterocycles. The maximum atomic E-state index is 12.1. The first-order valence-corrected chi connectivity index (χ1v) is 9.90. The van der Waals surface area contributed by atoms with Gasteiger partial charge in [-0.15, -0.1) is 0 Å². The fourth-order valence-electron chi connectivity index (χ4n) is 2.17. The molecule has 2 rings (SSSR count). The number of thioether (sulfide) groups is 1. The maximum absolute atomic E-state index is 12.1. The molecule has 1 amide bonds. The van der Waals surface area contributed by atoms with E-state index in [2.05, 4.69) is 5.32 Å². The van der Waals surface area contributed by atoms with E-state index in [4.69, 9.17) is 27.9 Å². The van der Waals surface area contributed by atoms with Gasteiger partial charge >= 0.3 is 0 Å². The first-order chi connectivity index (χ1) is 12.0. The number of hydrogen-bond donors (Lipinski definition) is 1. The monoisotopic (exact) mass is 397 g/mol. The Morgan fingerprint density at radius 2 is 1.84 bits per heavy atom. The Morgan fingerprint density at radius 3 is 2.52 bits per heavy atom. The normalized spacial score (nSPS) is 11.8. The van der Waals surface area contributed by atoms with Crippen LogP contribution in [-0.4, -0.2) is 24.3 Å². The van der Waals surface area contributed by atoms with E-state index in [-0.39, 0.29) is 5.91 Å². The number of nitrogens with one attached hydrogen (secondary N) is 1. The van der Waals surface area contributed by atoms with Crippen LogP contribution in [0, 0.1) is 6.92 Å². The molecular formula is C19H21Cl2NO2S. The Morgan fingerprint density at radius 1 is 1.16 bits per heavy atom. The lowest BCUT2D eigenvalue weighted by Crippen LogP contribution is -2.37. The van der Waals surface area contributed by atoms with Crippen molar-refractivity contribution in [1.29, 1.82) is 0 Å². The zero-order chi connectivity index (χ0) is 18.2. The maximum Gasteiger partial charge on any atom is 0.260 e. The number of halogens is 2. The number of benzene rings is 2. The molecule has 0 aromatic heterocycles. The number of ether oxygens (including phenoxy) is 1. The van der Waals surface area contributed by atoms with E-state index < -0.39 is 6.10 Å². The molecule has 3 nitrogen and oxygen atoms in total. The summed E-state index contributed by atoms with van der Waals surface area (Å²) >= 11 is 14.0. The molecule has 6 heteroatoms. The molecule has 2 aromatic carbocycles. The molecule has 1 N–H and O–H groups in total. The van der Waals surface area contributed by atoms with Gasteiger partial charge in [-0.05, 0) is 43.2 Å².